The third-order valence-corrected chi connectivity index (χ3v) is 2.90. The van der Waals surface area contributed by atoms with Gasteiger partial charge in [-0.25, -0.2) is 0 Å². The molecule has 0 aromatic carbocycles. The van der Waals surface area contributed by atoms with Gasteiger partial charge >= 0.3 is 0 Å². The van der Waals surface area contributed by atoms with Crippen molar-refractivity contribution in [2.75, 3.05) is 45.9 Å². The van der Waals surface area contributed by atoms with Crippen LogP contribution in [0.3, 0.4) is 0 Å². The fourth-order valence-corrected chi connectivity index (χ4v) is 1.79. The average Bonchev–Trinajstić information content (AvgIpc) is 2.29. The van der Waals surface area contributed by atoms with Gasteiger partial charge in [0.05, 0.1) is 18.7 Å². The zero-order chi connectivity index (χ0) is 11.1. The molecule has 1 fully saturated rings. The molecule has 1 aliphatic heterocycles. The molecule has 1 aliphatic rings. The summed E-state index contributed by atoms with van der Waals surface area (Å²) in [5.41, 5.74) is 0. The molecule has 15 heavy (non-hydrogen) atoms. The SMILES string of the molecule is CCOCCN1CCN(C(C)C#N)CC1. The molecule has 1 unspecified atom stereocenters. The van der Waals surface area contributed by atoms with E-state index in [0.29, 0.717) is 0 Å². The van der Waals surface area contributed by atoms with Crippen LogP contribution < -0.4 is 0 Å². The Morgan fingerprint density at radius 2 is 2.00 bits per heavy atom. The van der Waals surface area contributed by atoms with Gasteiger partial charge < -0.3 is 4.74 Å². The molecular weight excluding hydrogens is 190 g/mol. The highest BCUT2D eigenvalue weighted by Gasteiger charge is 2.20. The molecule has 0 bridgehead atoms. The van der Waals surface area contributed by atoms with Crippen LogP contribution in [0.4, 0.5) is 0 Å². The summed E-state index contributed by atoms with van der Waals surface area (Å²) < 4.78 is 5.32. The van der Waals surface area contributed by atoms with E-state index in [1.54, 1.807) is 0 Å². The summed E-state index contributed by atoms with van der Waals surface area (Å²) in [5, 5.41) is 8.80. The van der Waals surface area contributed by atoms with E-state index in [1.807, 2.05) is 13.8 Å². The first-order chi connectivity index (χ1) is 7.27. The molecule has 0 amide bonds. The van der Waals surface area contributed by atoms with Crippen LogP contribution in [0.15, 0.2) is 0 Å². The molecule has 1 rings (SSSR count). The second kappa shape index (κ2) is 6.78. The predicted molar refractivity (Wildman–Crippen MR) is 59.6 cm³/mol. The second-order valence-electron chi connectivity index (χ2n) is 3.88. The summed E-state index contributed by atoms with van der Waals surface area (Å²) in [7, 11) is 0. The molecule has 0 aromatic heterocycles. The Balaban J connectivity index is 2.16. The Bertz CT molecular complexity index is 206. The zero-order valence-corrected chi connectivity index (χ0v) is 9.78. The van der Waals surface area contributed by atoms with Crippen molar-refractivity contribution in [1.82, 2.24) is 9.80 Å². The van der Waals surface area contributed by atoms with E-state index in [4.69, 9.17) is 10.00 Å². The summed E-state index contributed by atoms with van der Waals surface area (Å²) in [4.78, 5) is 4.63. The zero-order valence-electron chi connectivity index (χ0n) is 9.78. The van der Waals surface area contributed by atoms with Crippen molar-refractivity contribution in [2.45, 2.75) is 19.9 Å². The van der Waals surface area contributed by atoms with E-state index in [2.05, 4.69) is 15.9 Å². The van der Waals surface area contributed by atoms with Crippen LogP contribution in [0, 0.1) is 11.3 Å². The minimum Gasteiger partial charge on any atom is -0.380 e. The highest BCUT2D eigenvalue weighted by molar-refractivity contribution is 4.90. The summed E-state index contributed by atoms with van der Waals surface area (Å²) >= 11 is 0. The van der Waals surface area contributed by atoms with Gasteiger partial charge in [0.25, 0.3) is 0 Å². The van der Waals surface area contributed by atoms with Crippen LogP contribution >= 0.6 is 0 Å². The Morgan fingerprint density at radius 1 is 1.33 bits per heavy atom. The maximum Gasteiger partial charge on any atom is 0.0950 e. The van der Waals surface area contributed by atoms with Gasteiger partial charge in [-0.2, -0.15) is 5.26 Å². The number of nitrogens with zero attached hydrogens (tertiary/aromatic N) is 3. The summed E-state index contributed by atoms with van der Waals surface area (Å²) in [6, 6.07) is 2.34. The summed E-state index contributed by atoms with van der Waals surface area (Å²) in [6.45, 7) is 10.7. The van der Waals surface area contributed by atoms with E-state index in [9.17, 15) is 0 Å². The van der Waals surface area contributed by atoms with Crippen molar-refractivity contribution in [1.29, 1.82) is 5.26 Å². The number of hydrogen-bond donors (Lipinski definition) is 0. The van der Waals surface area contributed by atoms with Gasteiger partial charge in [-0.1, -0.05) is 0 Å². The molecule has 0 radical (unpaired) electrons. The average molecular weight is 211 g/mol. The smallest absolute Gasteiger partial charge is 0.0950 e. The van der Waals surface area contributed by atoms with Gasteiger partial charge in [0.2, 0.25) is 0 Å². The maximum atomic E-state index is 8.80. The molecular formula is C11H21N3O. The summed E-state index contributed by atoms with van der Waals surface area (Å²) in [5.74, 6) is 0. The first-order valence-electron chi connectivity index (χ1n) is 5.71. The van der Waals surface area contributed by atoms with E-state index < -0.39 is 0 Å². The molecule has 1 atom stereocenters. The molecule has 0 N–H and O–H groups in total. The monoisotopic (exact) mass is 211 g/mol. The molecule has 0 spiro atoms. The molecule has 0 aromatic rings. The fourth-order valence-electron chi connectivity index (χ4n) is 1.79. The third-order valence-electron chi connectivity index (χ3n) is 2.90. The predicted octanol–water partition coefficient (Wildman–Crippen LogP) is 0.553. The number of hydrogen-bond acceptors (Lipinski definition) is 4. The Hall–Kier alpha value is -0.630. The second-order valence-corrected chi connectivity index (χ2v) is 3.88. The number of ether oxygens (including phenoxy) is 1. The van der Waals surface area contributed by atoms with Gasteiger partial charge in [-0.3, -0.25) is 9.80 Å². The van der Waals surface area contributed by atoms with Gasteiger partial charge in [-0.15, -0.1) is 0 Å². The van der Waals surface area contributed by atoms with E-state index >= 15 is 0 Å². The maximum absolute atomic E-state index is 8.80. The molecule has 4 heteroatoms. The minimum atomic E-state index is 0.0547. The lowest BCUT2D eigenvalue weighted by Gasteiger charge is -2.35. The highest BCUT2D eigenvalue weighted by atomic mass is 16.5. The molecule has 1 heterocycles. The first kappa shape index (κ1) is 12.4. The van der Waals surface area contributed by atoms with E-state index in [-0.39, 0.29) is 6.04 Å². The van der Waals surface area contributed by atoms with E-state index in [0.717, 1.165) is 45.9 Å². The van der Waals surface area contributed by atoms with Crippen LogP contribution in [-0.4, -0.2) is 61.8 Å². The minimum absolute atomic E-state index is 0.0547. The standard InChI is InChI=1S/C11H21N3O/c1-3-15-9-8-13-4-6-14(7-5-13)11(2)10-12/h11H,3-9H2,1-2H3. The van der Waals surface area contributed by atoms with Crippen LogP contribution in [0.1, 0.15) is 13.8 Å². The van der Waals surface area contributed by atoms with Gasteiger partial charge in [-0.05, 0) is 13.8 Å². The molecule has 0 aliphatic carbocycles. The highest BCUT2D eigenvalue weighted by Crippen LogP contribution is 2.05. The topological polar surface area (TPSA) is 39.5 Å². The number of rotatable bonds is 5. The summed E-state index contributed by atoms with van der Waals surface area (Å²) in [6.07, 6.45) is 0. The first-order valence-corrected chi connectivity index (χ1v) is 5.71. The Labute approximate surface area is 92.4 Å². The van der Waals surface area contributed by atoms with Crippen LogP contribution in [0.2, 0.25) is 0 Å². The lowest BCUT2D eigenvalue weighted by molar-refractivity contribution is 0.0755. The largest absolute Gasteiger partial charge is 0.380 e. The quantitative estimate of drug-likeness (QED) is 0.623. The van der Waals surface area contributed by atoms with Gasteiger partial charge in [0.15, 0.2) is 0 Å². The number of nitriles is 1. The van der Waals surface area contributed by atoms with Crippen molar-refractivity contribution in [2.24, 2.45) is 0 Å². The normalized spacial score (nSPS) is 21.1. The molecule has 1 saturated heterocycles. The van der Waals surface area contributed by atoms with Crippen LogP contribution in [0.25, 0.3) is 0 Å². The Kier molecular flexibility index (Phi) is 5.62. The lowest BCUT2D eigenvalue weighted by atomic mass is 10.2. The third kappa shape index (κ3) is 4.17. The van der Waals surface area contributed by atoms with Crippen molar-refractivity contribution in [3.8, 4) is 6.07 Å². The van der Waals surface area contributed by atoms with Crippen molar-refractivity contribution >= 4 is 0 Å². The fraction of sp³-hybridized carbons (Fsp3) is 0.909. The number of piperazine rings is 1. The molecule has 86 valence electrons. The Morgan fingerprint density at radius 3 is 2.53 bits per heavy atom. The van der Waals surface area contributed by atoms with Crippen LogP contribution in [0.5, 0.6) is 0 Å². The van der Waals surface area contributed by atoms with Crippen molar-refractivity contribution < 1.29 is 4.74 Å². The van der Waals surface area contributed by atoms with E-state index in [1.165, 1.54) is 0 Å². The van der Waals surface area contributed by atoms with Gasteiger partial charge in [0, 0.05) is 39.3 Å². The van der Waals surface area contributed by atoms with Gasteiger partial charge in [0.1, 0.15) is 0 Å². The molecule has 0 saturated carbocycles. The van der Waals surface area contributed by atoms with Crippen LogP contribution in [-0.2, 0) is 4.74 Å². The van der Waals surface area contributed by atoms with Crippen molar-refractivity contribution in [3.05, 3.63) is 0 Å². The lowest BCUT2D eigenvalue weighted by Crippen LogP contribution is -2.49. The van der Waals surface area contributed by atoms with Crippen molar-refractivity contribution in [3.63, 3.8) is 0 Å². The molecule has 4 nitrogen and oxygen atoms in total.